The monoisotopic (exact) mass is 300 g/mol. The number of methoxy groups -OCH3 is 1. The van der Waals surface area contributed by atoms with E-state index in [9.17, 15) is 8.60 Å². The van der Waals surface area contributed by atoms with Gasteiger partial charge in [-0.1, -0.05) is 6.07 Å². The predicted octanol–water partition coefficient (Wildman–Crippen LogP) is 1.13. The number of ether oxygens (including phenoxy) is 1. The molecular weight excluding hydrogens is 279 g/mol. The Balaban J connectivity index is 1.93. The lowest BCUT2D eigenvalue weighted by atomic mass is 10.1. The average Bonchev–Trinajstić information content (AvgIpc) is 2.45. The summed E-state index contributed by atoms with van der Waals surface area (Å²) in [5.41, 5.74) is 1.53. The molecule has 20 heavy (non-hydrogen) atoms. The van der Waals surface area contributed by atoms with Crippen LogP contribution in [-0.2, 0) is 22.1 Å². The maximum absolute atomic E-state index is 14.1. The standard InChI is InChI=1S/C14H21FN2O2S/c1-19-7-4-16-11-12-2-3-14(13(15)10-12)17-5-8-20(18)9-6-17/h2-3,10,16H,4-9,11H2,1H3. The first-order chi connectivity index (χ1) is 9.70. The molecule has 0 amide bonds. The molecule has 1 aromatic carbocycles. The summed E-state index contributed by atoms with van der Waals surface area (Å²) < 4.78 is 30.4. The Morgan fingerprint density at radius 3 is 2.80 bits per heavy atom. The lowest BCUT2D eigenvalue weighted by molar-refractivity contribution is 0.199. The fourth-order valence-corrected chi connectivity index (χ4v) is 3.25. The molecule has 4 nitrogen and oxygen atoms in total. The Kier molecular flexibility index (Phi) is 5.94. The van der Waals surface area contributed by atoms with Gasteiger partial charge in [0.2, 0.25) is 0 Å². The Labute approximate surface area is 121 Å². The zero-order valence-electron chi connectivity index (χ0n) is 11.7. The summed E-state index contributed by atoms with van der Waals surface area (Å²) in [4.78, 5) is 1.97. The van der Waals surface area contributed by atoms with Crippen molar-refractivity contribution in [1.82, 2.24) is 5.32 Å². The maximum Gasteiger partial charge on any atom is 0.146 e. The summed E-state index contributed by atoms with van der Waals surface area (Å²) in [5, 5.41) is 3.19. The van der Waals surface area contributed by atoms with Crippen molar-refractivity contribution in [3.63, 3.8) is 0 Å². The first-order valence-electron chi connectivity index (χ1n) is 6.78. The van der Waals surface area contributed by atoms with Crippen LogP contribution in [0.3, 0.4) is 0 Å². The van der Waals surface area contributed by atoms with Gasteiger partial charge in [0.1, 0.15) is 5.82 Å². The molecule has 0 aromatic heterocycles. The van der Waals surface area contributed by atoms with Gasteiger partial charge < -0.3 is 15.0 Å². The largest absolute Gasteiger partial charge is 0.383 e. The van der Waals surface area contributed by atoms with Gasteiger partial charge in [-0.2, -0.15) is 0 Å². The van der Waals surface area contributed by atoms with E-state index in [0.29, 0.717) is 43.4 Å². The third kappa shape index (κ3) is 4.26. The van der Waals surface area contributed by atoms with E-state index in [1.54, 1.807) is 13.2 Å². The van der Waals surface area contributed by atoms with Crippen molar-refractivity contribution in [1.29, 1.82) is 0 Å². The number of nitrogens with zero attached hydrogens (tertiary/aromatic N) is 1. The third-order valence-corrected chi connectivity index (χ3v) is 4.62. The highest BCUT2D eigenvalue weighted by Gasteiger charge is 2.18. The molecule has 1 heterocycles. The molecule has 1 aromatic rings. The number of hydrogen-bond donors (Lipinski definition) is 1. The van der Waals surface area contributed by atoms with Crippen LogP contribution >= 0.6 is 0 Å². The van der Waals surface area contributed by atoms with Crippen molar-refractivity contribution in [3.05, 3.63) is 29.6 Å². The zero-order valence-corrected chi connectivity index (χ0v) is 12.5. The number of nitrogens with one attached hydrogen (secondary N) is 1. The number of hydrogen-bond acceptors (Lipinski definition) is 4. The van der Waals surface area contributed by atoms with Crippen LogP contribution in [0.2, 0.25) is 0 Å². The first-order valence-corrected chi connectivity index (χ1v) is 8.27. The van der Waals surface area contributed by atoms with E-state index >= 15 is 0 Å². The SMILES string of the molecule is COCCNCc1ccc(N2CCS(=O)CC2)c(F)c1. The maximum atomic E-state index is 14.1. The topological polar surface area (TPSA) is 41.6 Å². The van der Waals surface area contributed by atoms with Gasteiger partial charge in [0, 0.05) is 55.6 Å². The van der Waals surface area contributed by atoms with E-state index in [0.717, 1.165) is 12.1 Å². The second-order valence-electron chi connectivity index (χ2n) is 4.79. The normalized spacial score (nSPS) is 16.6. The number of benzene rings is 1. The van der Waals surface area contributed by atoms with E-state index in [2.05, 4.69) is 5.32 Å². The zero-order chi connectivity index (χ0) is 14.4. The van der Waals surface area contributed by atoms with Gasteiger partial charge in [-0.15, -0.1) is 0 Å². The lowest BCUT2D eigenvalue weighted by Gasteiger charge is -2.28. The quantitative estimate of drug-likeness (QED) is 0.800. The Morgan fingerprint density at radius 2 is 2.15 bits per heavy atom. The van der Waals surface area contributed by atoms with Crippen LogP contribution in [-0.4, -0.2) is 49.1 Å². The minimum atomic E-state index is -0.738. The van der Waals surface area contributed by atoms with Gasteiger partial charge in [-0.25, -0.2) is 4.39 Å². The van der Waals surface area contributed by atoms with Crippen molar-refractivity contribution in [2.75, 3.05) is 49.8 Å². The van der Waals surface area contributed by atoms with Crippen LogP contribution in [0, 0.1) is 5.82 Å². The molecule has 1 saturated heterocycles. The molecule has 0 saturated carbocycles. The van der Waals surface area contributed by atoms with E-state index < -0.39 is 10.8 Å². The van der Waals surface area contributed by atoms with Crippen molar-refractivity contribution in [2.24, 2.45) is 0 Å². The molecule has 0 bridgehead atoms. The first kappa shape index (κ1) is 15.4. The molecule has 0 aliphatic carbocycles. The van der Waals surface area contributed by atoms with E-state index in [4.69, 9.17) is 4.74 Å². The number of halogens is 1. The fourth-order valence-electron chi connectivity index (χ4n) is 2.20. The van der Waals surface area contributed by atoms with Crippen LogP contribution in [0.4, 0.5) is 10.1 Å². The van der Waals surface area contributed by atoms with Crippen LogP contribution in [0.15, 0.2) is 18.2 Å². The fraction of sp³-hybridized carbons (Fsp3) is 0.571. The highest BCUT2D eigenvalue weighted by atomic mass is 32.2. The Hall–Kier alpha value is -0.980. The summed E-state index contributed by atoms with van der Waals surface area (Å²) in [6.45, 7) is 3.35. The Bertz CT molecular complexity index is 460. The second kappa shape index (κ2) is 7.71. The molecule has 2 rings (SSSR count). The minimum absolute atomic E-state index is 0.205. The smallest absolute Gasteiger partial charge is 0.146 e. The molecule has 0 spiro atoms. The van der Waals surface area contributed by atoms with Gasteiger partial charge in [0.15, 0.2) is 0 Å². The van der Waals surface area contributed by atoms with Crippen molar-refractivity contribution >= 4 is 16.5 Å². The molecule has 0 atom stereocenters. The molecule has 1 aliphatic rings. The van der Waals surface area contributed by atoms with Crippen LogP contribution in [0.25, 0.3) is 0 Å². The molecule has 1 aliphatic heterocycles. The minimum Gasteiger partial charge on any atom is -0.383 e. The third-order valence-electron chi connectivity index (χ3n) is 3.34. The molecule has 112 valence electrons. The summed E-state index contributed by atoms with van der Waals surface area (Å²) in [6, 6.07) is 5.32. The van der Waals surface area contributed by atoms with Gasteiger partial charge in [-0.3, -0.25) is 4.21 Å². The van der Waals surface area contributed by atoms with Gasteiger partial charge >= 0.3 is 0 Å². The van der Waals surface area contributed by atoms with Crippen molar-refractivity contribution in [2.45, 2.75) is 6.54 Å². The molecule has 6 heteroatoms. The number of anilines is 1. The summed E-state index contributed by atoms with van der Waals surface area (Å²) in [5.74, 6) is 1.04. The van der Waals surface area contributed by atoms with Gasteiger partial charge in [0.05, 0.1) is 12.3 Å². The molecular formula is C14H21FN2O2S. The molecule has 0 radical (unpaired) electrons. The Morgan fingerprint density at radius 1 is 1.40 bits per heavy atom. The number of rotatable bonds is 6. The molecule has 1 fully saturated rings. The van der Waals surface area contributed by atoms with Crippen LogP contribution in [0.5, 0.6) is 0 Å². The van der Waals surface area contributed by atoms with Crippen LogP contribution in [0.1, 0.15) is 5.56 Å². The lowest BCUT2D eigenvalue weighted by Crippen LogP contribution is -2.38. The predicted molar refractivity (Wildman–Crippen MR) is 80.1 cm³/mol. The highest BCUT2D eigenvalue weighted by molar-refractivity contribution is 7.85. The second-order valence-corrected chi connectivity index (χ2v) is 6.49. The summed E-state index contributed by atoms with van der Waals surface area (Å²) >= 11 is 0. The van der Waals surface area contributed by atoms with Gasteiger partial charge in [-0.05, 0) is 17.7 Å². The highest BCUT2D eigenvalue weighted by Crippen LogP contribution is 2.21. The van der Waals surface area contributed by atoms with Gasteiger partial charge in [0.25, 0.3) is 0 Å². The average molecular weight is 300 g/mol. The van der Waals surface area contributed by atoms with E-state index in [1.165, 1.54) is 0 Å². The van der Waals surface area contributed by atoms with Crippen molar-refractivity contribution in [3.8, 4) is 0 Å². The van der Waals surface area contributed by atoms with Crippen molar-refractivity contribution < 1.29 is 13.3 Å². The molecule has 0 unspecified atom stereocenters. The summed E-state index contributed by atoms with van der Waals surface area (Å²) in [6.07, 6.45) is 0. The van der Waals surface area contributed by atoms with E-state index in [-0.39, 0.29) is 5.82 Å². The van der Waals surface area contributed by atoms with Crippen LogP contribution < -0.4 is 10.2 Å². The molecule has 1 N–H and O–H groups in total. The van der Waals surface area contributed by atoms with E-state index in [1.807, 2.05) is 17.0 Å². The summed E-state index contributed by atoms with van der Waals surface area (Å²) in [7, 11) is 0.916.